The fourth-order valence-electron chi connectivity index (χ4n) is 7.57. The Balaban J connectivity index is 1.53. The van der Waals surface area contributed by atoms with Gasteiger partial charge in [0.2, 0.25) is 0 Å². The third-order valence-corrected chi connectivity index (χ3v) is 8.72. The number of ketones is 1. The van der Waals surface area contributed by atoms with Crippen LogP contribution < -0.4 is 0 Å². The van der Waals surface area contributed by atoms with E-state index in [4.69, 9.17) is 4.74 Å². The number of Topliss-reactive ketones (excluding diaryl/α,β-unsaturated/α-hetero) is 1. The second kappa shape index (κ2) is 4.97. The molecule has 1 N–H and O–H groups in total. The molecule has 0 aromatic rings. The van der Waals surface area contributed by atoms with Crippen LogP contribution in [0, 0.1) is 34.5 Å². The lowest BCUT2D eigenvalue weighted by Crippen LogP contribution is -2.57. The Morgan fingerprint density at radius 3 is 2.76 bits per heavy atom. The van der Waals surface area contributed by atoms with Crippen LogP contribution in [0.2, 0.25) is 0 Å². The summed E-state index contributed by atoms with van der Waals surface area (Å²) in [6.07, 6.45) is 7.71. The van der Waals surface area contributed by atoms with Crippen molar-refractivity contribution in [3.8, 4) is 0 Å². The molecule has 0 spiro atoms. The van der Waals surface area contributed by atoms with Crippen LogP contribution in [0.4, 0.5) is 0 Å². The van der Waals surface area contributed by atoms with Crippen LogP contribution in [-0.4, -0.2) is 29.1 Å². The van der Waals surface area contributed by atoms with Crippen molar-refractivity contribution in [1.82, 2.24) is 0 Å². The molecule has 136 valence electrons. The van der Waals surface area contributed by atoms with Crippen LogP contribution in [-0.2, 0) is 14.3 Å². The van der Waals surface area contributed by atoms with Gasteiger partial charge in [0.25, 0.3) is 0 Å². The van der Waals surface area contributed by atoms with Gasteiger partial charge in [0.1, 0.15) is 11.9 Å². The predicted molar refractivity (Wildman–Crippen MR) is 91.5 cm³/mol. The zero-order valence-corrected chi connectivity index (χ0v) is 15.2. The minimum Gasteiger partial charge on any atom is -0.455 e. The molecule has 4 aliphatic carbocycles. The summed E-state index contributed by atoms with van der Waals surface area (Å²) >= 11 is 0. The Kier molecular flexibility index (Phi) is 3.19. The van der Waals surface area contributed by atoms with Gasteiger partial charge < -0.3 is 9.84 Å². The van der Waals surface area contributed by atoms with Crippen LogP contribution in [0.25, 0.3) is 0 Å². The molecular formula is C21H28O4. The SMILES string of the molecule is CC12CC(=O)C3C(CC[C@H]4CC(O)CCC34C)C1CC1OC(=O)C=C12. The number of hydrogen-bond donors (Lipinski definition) is 1. The van der Waals surface area contributed by atoms with Gasteiger partial charge in [-0.15, -0.1) is 0 Å². The molecule has 1 aliphatic heterocycles. The quantitative estimate of drug-likeness (QED) is 0.686. The molecule has 0 amide bonds. The summed E-state index contributed by atoms with van der Waals surface area (Å²) in [4.78, 5) is 25.1. The molecule has 7 unspecified atom stereocenters. The maximum absolute atomic E-state index is 13.4. The lowest BCUT2D eigenvalue weighted by atomic mass is 9.44. The van der Waals surface area contributed by atoms with E-state index in [0.29, 0.717) is 30.0 Å². The fraction of sp³-hybridized carbons (Fsp3) is 0.810. The molecule has 25 heavy (non-hydrogen) atoms. The highest BCUT2D eigenvalue weighted by Crippen LogP contribution is 2.67. The number of rotatable bonds is 0. The minimum atomic E-state index is -0.230. The molecule has 4 heteroatoms. The smallest absolute Gasteiger partial charge is 0.331 e. The van der Waals surface area contributed by atoms with E-state index in [-0.39, 0.29) is 34.9 Å². The Bertz CT molecular complexity index is 681. The number of hydrogen-bond acceptors (Lipinski definition) is 4. The van der Waals surface area contributed by atoms with Gasteiger partial charge >= 0.3 is 5.97 Å². The first-order valence-electron chi connectivity index (χ1n) is 9.96. The van der Waals surface area contributed by atoms with E-state index in [1.165, 1.54) is 0 Å². The molecule has 4 fully saturated rings. The number of aliphatic hydroxyl groups excluding tert-OH is 1. The van der Waals surface area contributed by atoms with Gasteiger partial charge in [-0.2, -0.15) is 0 Å². The zero-order chi connectivity index (χ0) is 17.6. The number of carbonyl (C=O) groups is 2. The highest BCUT2D eigenvalue weighted by atomic mass is 16.5. The maximum Gasteiger partial charge on any atom is 0.331 e. The molecular weight excluding hydrogens is 316 g/mol. The third-order valence-electron chi connectivity index (χ3n) is 8.72. The van der Waals surface area contributed by atoms with Crippen molar-refractivity contribution in [2.45, 2.75) is 71.0 Å². The number of esters is 1. The maximum atomic E-state index is 13.4. The summed E-state index contributed by atoms with van der Waals surface area (Å²) in [5.74, 6) is 1.63. The largest absolute Gasteiger partial charge is 0.455 e. The lowest BCUT2D eigenvalue weighted by molar-refractivity contribution is -0.158. The van der Waals surface area contributed by atoms with Crippen molar-refractivity contribution in [2.24, 2.45) is 34.5 Å². The molecule has 4 saturated carbocycles. The average molecular weight is 344 g/mol. The number of fused-ring (bicyclic) bond motifs is 7. The molecule has 0 aromatic carbocycles. The van der Waals surface area contributed by atoms with Crippen molar-refractivity contribution < 1.29 is 19.4 Å². The van der Waals surface area contributed by atoms with Crippen molar-refractivity contribution in [2.75, 3.05) is 0 Å². The highest BCUT2D eigenvalue weighted by molar-refractivity contribution is 5.89. The van der Waals surface area contributed by atoms with Crippen molar-refractivity contribution in [1.29, 1.82) is 0 Å². The van der Waals surface area contributed by atoms with Crippen LogP contribution in [0.1, 0.15) is 58.8 Å². The topological polar surface area (TPSA) is 63.6 Å². The molecule has 0 aromatic heterocycles. The summed E-state index contributed by atoms with van der Waals surface area (Å²) in [6.45, 7) is 4.51. The standard InChI is InChI=1S/C21H28O4/c1-20-6-5-12(22)7-11(20)3-4-13-14-8-17-15(9-18(24)25-17)21(14,2)10-16(23)19(13)20/h9,11-14,17,19,22H,3-8,10H2,1-2H3/t11-,12?,13?,14?,17?,19?,20?,21?/m0/s1. The predicted octanol–water partition coefficient (Wildman–Crippen LogP) is 3.03. The Labute approximate surface area is 149 Å². The second-order valence-electron chi connectivity index (χ2n) is 9.78. The zero-order valence-electron chi connectivity index (χ0n) is 15.2. The first-order valence-corrected chi connectivity index (χ1v) is 9.96. The van der Waals surface area contributed by atoms with Gasteiger partial charge in [-0.25, -0.2) is 4.79 Å². The molecule has 1 heterocycles. The van der Waals surface area contributed by atoms with Crippen LogP contribution >= 0.6 is 0 Å². The fourth-order valence-corrected chi connectivity index (χ4v) is 7.57. The van der Waals surface area contributed by atoms with Crippen LogP contribution in [0.3, 0.4) is 0 Å². The Hall–Kier alpha value is -1.16. The Morgan fingerprint density at radius 1 is 1.16 bits per heavy atom. The molecule has 5 aliphatic rings. The van der Waals surface area contributed by atoms with E-state index in [1.54, 1.807) is 6.08 Å². The first-order chi connectivity index (χ1) is 11.8. The Morgan fingerprint density at radius 2 is 1.96 bits per heavy atom. The van der Waals surface area contributed by atoms with Crippen molar-refractivity contribution in [3.05, 3.63) is 11.6 Å². The number of aliphatic hydroxyl groups is 1. The van der Waals surface area contributed by atoms with E-state index in [9.17, 15) is 14.7 Å². The molecule has 0 saturated heterocycles. The van der Waals surface area contributed by atoms with Crippen molar-refractivity contribution >= 4 is 11.8 Å². The van der Waals surface area contributed by atoms with Crippen LogP contribution in [0.15, 0.2) is 11.6 Å². The summed E-state index contributed by atoms with van der Waals surface area (Å²) in [5, 5.41) is 10.1. The van der Waals surface area contributed by atoms with Gasteiger partial charge in [-0.3, -0.25) is 4.79 Å². The van der Waals surface area contributed by atoms with Gasteiger partial charge in [-0.05, 0) is 67.3 Å². The van der Waals surface area contributed by atoms with Crippen LogP contribution in [0.5, 0.6) is 0 Å². The van der Waals surface area contributed by atoms with Gasteiger partial charge in [-0.1, -0.05) is 13.8 Å². The average Bonchev–Trinajstić information content (AvgIpc) is 3.03. The number of ether oxygens (including phenoxy) is 1. The number of carbonyl (C=O) groups excluding carboxylic acids is 2. The summed E-state index contributed by atoms with van der Waals surface area (Å²) in [6, 6.07) is 0. The summed E-state index contributed by atoms with van der Waals surface area (Å²) in [5.41, 5.74) is 0.941. The molecule has 4 nitrogen and oxygen atoms in total. The van der Waals surface area contributed by atoms with Gasteiger partial charge in [0.15, 0.2) is 0 Å². The highest BCUT2D eigenvalue weighted by Gasteiger charge is 2.64. The third kappa shape index (κ3) is 1.98. The molecule has 8 atom stereocenters. The lowest BCUT2D eigenvalue weighted by Gasteiger charge is -2.59. The van der Waals surface area contributed by atoms with E-state index >= 15 is 0 Å². The van der Waals surface area contributed by atoms with Crippen molar-refractivity contribution in [3.63, 3.8) is 0 Å². The first kappa shape index (κ1) is 16.0. The van der Waals surface area contributed by atoms with Gasteiger partial charge in [0.05, 0.1) is 6.10 Å². The van der Waals surface area contributed by atoms with E-state index in [0.717, 1.165) is 44.1 Å². The molecule has 0 radical (unpaired) electrons. The normalized spacial score (nSPS) is 54.1. The molecule has 0 bridgehead atoms. The molecule has 5 rings (SSSR count). The second-order valence-corrected chi connectivity index (χ2v) is 9.78. The summed E-state index contributed by atoms with van der Waals surface area (Å²) < 4.78 is 5.53. The van der Waals surface area contributed by atoms with E-state index < -0.39 is 0 Å². The monoisotopic (exact) mass is 344 g/mol. The van der Waals surface area contributed by atoms with Gasteiger partial charge in [0, 0.05) is 23.8 Å². The van der Waals surface area contributed by atoms with E-state index in [2.05, 4.69) is 13.8 Å². The summed E-state index contributed by atoms with van der Waals surface area (Å²) in [7, 11) is 0. The minimum absolute atomic E-state index is 0.0450. The van der Waals surface area contributed by atoms with E-state index in [1.807, 2.05) is 0 Å².